The van der Waals surface area contributed by atoms with Crippen molar-refractivity contribution in [3.63, 3.8) is 0 Å². The van der Waals surface area contributed by atoms with Crippen molar-refractivity contribution in [3.8, 4) is 11.5 Å². The molecule has 0 bridgehead atoms. The van der Waals surface area contributed by atoms with E-state index in [9.17, 15) is 0 Å². The Balaban J connectivity index is 2.23. The van der Waals surface area contributed by atoms with E-state index in [1.165, 1.54) is 12.8 Å². The van der Waals surface area contributed by atoms with Crippen LogP contribution < -0.4 is 9.47 Å². The molecule has 0 radical (unpaired) electrons. The van der Waals surface area contributed by atoms with Crippen LogP contribution in [0.1, 0.15) is 56.9 Å². The van der Waals surface area contributed by atoms with E-state index in [1.807, 2.05) is 12.1 Å². The third-order valence-electron chi connectivity index (χ3n) is 4.03. The second-order valence-electron chi connectivity index (χ2n) is 5.58. The van der Waals surface area contributed by atoms with E-state index in [4.69, 9.17) is 32.7 Å². The number of benzene rings is 1. The molecule has 1 heterocycles. The summed E-state index contributed by atoms with van der Waals surface area (Å²) in [5.74, 6) is 1.93. The summed E-state index contributed by atoms with van der Waals surface area (Å²) in [7, 11) is 0. The number of halogens is 2. The van der Waals surface area contributed by atoms with Crippen molar-refractivity contribution in [1.29, 1.82) is 0 Å². The standard InChI is InChI=1S/C17H24Cl2O2/c1-3-5-7-12(4-2)17(19)13-10-15-16(11-14(13)18)21-9-6-8-20-15/h10-12,17H,3-9H2,1-2H3. The second kappa shape index (κ2) is 8.14. The summed E-state index contributed by atoms with van der Waals surface area (Å²) in [5, 5.41) is 0.598. The molecule has 2 nitrogen and oxygen atoms in total. The number of hydrogen-bond acceptors (Lipinski definition) is 2. The minimum Gasteiger partial charge on any atom is -0.490 e. The van der Waals surface area contributed by atoms with Gasteiger partial charge in [-0.05, 0) is 24.0 Å². The summed E-state index contributed by atoms with van der Waals surface area (Å²) < 4.78 is 11.4. The van der Waals surface area contributed by atoms with Gasteiger partial charge in [0, 0.05) is 17.5 Å². The van der Waals surface area contributed by atoms with Crippen LogP contribution in [0.4, 0.5) is 0 Å². The normalized spacial score (nSPS) is 17.1. The highest BCUT2D eigenvalue weighted by Gasteiger charge is 2.24. The van der Waals surface area contributed by atoms with Gasteiger partial charge in [-0.1, -0.05) is 44.7 Å². The van der Waals surface area contributed by atoms with E-state index in [2.05, 4.69) is 13.8 Å². The number of rotatable bonds is 6. The van der Waals surface area contributed by atoms with Gasteiger partial charge >= 0.3 is 0 Å². The number of ether oxygens (including phenoxy) is 2. The summed E-state index contributed by atoms with van der Waals surface area (Å²) >= 11 is 13.1. The maximum atomic E-state index is 6.72. The highest BCUT2D eigenvalue weighted by atomic mass is 35.5. The Morgan fingerprint density at radius 3 is 2.43 bits per heavy atom. The third-order valence-corrected chi connectivity index (χ3v) is 4.95. The lowest BCUT2D eigenvalue weighted by Crippen LogP contribution is -2.08. The predicted octanol–water partition coefficient (Wildman–Crippen LogP) is 6.00. The van der Waals surface area contributed by atoms with Crippen molar-refractivity contribution < 1.29 is 9.47 Å². The zero-order valence-electron chi connectivity index (χ0n) is 12.8. The number of alkyl halides is 1. The molecule has 0 spiro atoms. The molecule has 1 aromatic rings. The van der Waals surface area contributed by atoms with E-state index in [1.54, 1.807) is 0 Å². The minimum absolute atomic E-state index is 0.0776. The quantitative estimate of drug-likeness (QED) is 0.595. The molecule has 1 aromatic carbocycles. The van der Waals surface area contributed by atoms with Gasteiger partial charge in [0.25, 0.3) is 0 Å². The molecule has 2 rings (SSSR count). The fourth-order valence-corrected chi connectivity index (χ4v) is 3.50. The lowest BCUT2D eigenvalue weighted by Gasteiger charge is -2.23. The number of unbranched alkanes of at least 4 members (excludes halogenated alkanes) is 1. The predicted molar refractivity (Wildman–Crippen MR) is 89.0 cm³/mol. The van der Waals surface area contributed by atoms with Crippen LogP contribution in [0, 0.1) is 5.92 Å². The highest BCUT2D eigenvalue weighted by Crippen LogP contribution is 2.43. The average Bonchev–Trinajstić information content (AvgIpc) is 2.71. The van der Waals surface area contributed by atoms with Gasteiger partial charge in [0.1, 0.15) is 0 Å². The van der Waals surface area contributed by atoms with Crippen molar-refractivity contribution in [3.05, 3.63) is 22.7 Å². The van der Waals surface area contributed by atoms with E-state index >= 15 is 0 Å². The fraction of sp³-hybridized carbons (Fsp3) is 0.647. The molecule has 4 heteroatoms. The average molecular weight is 331 g/mol. The van der Waals surface area contributed by atoms with Crippen molar-refractivity contribution in [2.24, 2.45) is 5.92 Å². The Morgan fingerprint density at radius 1 is 1.14 bits per heavy atom. The zero-order chi connectivity index (χ0) is 15.2. The Morgan fingerprint density at radius 2 is 1.81 bits per heavy atom. The molecule has 0 aromatic heterocycles. The smallest absolute Gasteiger partial charge is 0.162 e. The maximum Gasteiger partial charge on any atom is 0.162 e. The molecule has 0 amide bonds. The summed E-state index contributed by atoms with van der Waals surface area (Å²) in [6.45, 7) is 5.73. The first-order valence-electron chi connectivity index (χ1n) is 7.90. The van der Waals surface area contributed by atoms with Gasteiger partial charge in [-0.2, -0.15) is 0 Å². The van der Waals surface area contributed by atoms with Crippen molar-refractivity contribution in [2.75, 3.05) is 13.2 Å². The van der Waals surface area contributed by atoms with Gasteiger partial charge < -0.3 is 9.47 Å². The topological polar surface area (TPSA) is 18.5 Å². The van der Waals surface area contributed by atoms with Gasteiger partial charge in [0.15, 0.2) is 11.5 Å². The Bertz CT molecular complexity index is 462. The Labute approximate surface area is 137 Å². The van der Waals surface area contributed by atoms with Crippen LogP contribution >= 0.6 is 23.2 Å². The molecule has 0 saturated heterocycles. The van der Waals surface area contributed by atoms with Crippen LogP contribution in [-0.2, 0) is 0 Å². The van der Waals surface area contributed by atoms with Crippen molar-refractivity contribution in [1.82, 2.24) is 0 Å². The number of hydrogen-bond donors (Lipinski definition) is 0. The molecule has 2 atom stereocenters. The monoisotopic (exact) mass is 330 g/mol. The van der Waals surface area contributed by atoms with Gasteiger partial charge in [0.05, 0.1) is 18.6 Å². The van der Waals surface area contributed by atoms with Gasteiger partial charge in [-0.25, -0.2) is 0 Å². The van der Waals surface area contributed by atoms with E-state index in [0.717, 1.165) is 36.3 Å². The third kappa shape index (κ3) is 4.20. The van der Waals surface area contributed by atoms with E-state index in [-0.39, 0.29) is 5.38 Å². The van der Waals surface area contributed by atoms with Crippen molar-refractivity contribution >= 4 is 23.2 Å². The minimum atomic E-state index is -0.0776. The molecular weight excluding hydrogens is 307 g/mol. The van der Waals surface area contributed by atoms with E-state index < -0.39 is 0 Å². The summed E-state index contributed by atoms with van der Waals surface area (Å²) in [6, 6.07) is 3.81. The van der Waals surface area contributed by atoms with Crippen LogP contribution in [-0.4, -0.2) is 13.2 Å². The lowest BCUT2D eigenvalue weighted by molar-refractivity contribution is 0.297. The Kier molecular flexibility index (Phi) is 6.50. The summed E-state index contributed by atoms with van der Waals surface area (Å²) in [4.78, 5) is 0. The first-order chi connectivity index (χ1) is 10.2. The zero-order valence-corrected chi connectivity index (χ0v) is 14.3. The van der Waals surface area contributed by atoms with Crippen LogP contribution in [0.5, 0.6) is 11.5 Å². The van der Waals surface area contributed by atoms with Gasteiger partial charge in [0.2, 0.25) is 0 Å². The number of fused-ring (bicyclic) bond motifs is 1. The SMILES string of the molecule is CCCCC(CC)C(Cl)c1cc2c(cc1Cl)OCCCO2. The van der Waals surface area contributed by atoms with Crippen LogP contribution in [0.3, 0.4) is 0 Å². The lowest BCUT2D eigenvalue weighted by atomic mass is 9.91. The fourth-order valence-electron chi connectivity index (χ4n) is 2.69. The maximum absolute atomic E-state index is 6.72. The van der Waals surface area contributed by atoms with E-state index in [0.29, 0.717) is 24.2 Å². The summed E-state index contributed by atoms with van der Waals surface area (Å²) in [5.41, 5.74) is 0.963. The second-order valence-corrected chi connectivity index (χ2v) is 6.46. The molecule has 21 heavy (non-hydrogen) atoms. The largest absolute Gasteiger partial charge is 0.490 e. The molecule has 0 N–H and O–H groups in total. The first kappa shape index (κ1) is 16.8. The van der Waals surface area contributed by atoms with Gasteiger partial charge in [-0.15, -0.1) is 11.6 Å². The molecular formula is C17H24Cl2O2. The Hall–Kier alpha value is -0.600. The molecule has 0 fully saturated rings. The summed E-state index contributed by atoms with van der Waals surface area (Å²) in [6.07, 6.45) is 5.46. The molecule has 1 aliphatic rings. The molecule has 118 valence electrons. The molecule has 1 aliphatic heterocycles. The van der Waals surface area contributed by atoms with Crippen LogP contribution in [0.15, 0.2) is 12.1 Å². The molecule has 0 saturated carbocycles. The first-order valence-corrected chi connectivity index (χ1v) is 8.71. The van der Waals surface area contributed by atoms with Crippen LogP contribution in [0.25, 0.3) is 0 Å². The molecule has 0 aliphatic carbocycles. The van der Waals surface area contributed by atoms with Crippen molar-refractivity contribution in [2.45, 2.75) is 51.3 Å². The molecule has 2 unspecified atom stereocenters. The van der Waals surface area contributed by atoms with Crippen LogP contribution in [0.2, 0.25) is 5.02 Å². The van der Waals surface area contributed by atoms with Gasteiger partial charge in [-0.3, -0.25) is 0 Å². The highest BCUT2D eigenvalue weighted by molar-refractivity contribution is 6.33.